The van der Waals surface area contributed by atoms with Crippen LogP contribution < -0.4 is 5.43 Å². The summed E-state index contributed by atoms with van der Waals surface area (Å²) >= 11 is 9.37. The molecule has 3 rings (SSSR count). The Hall–Kier alpha value is -2.24. The summed E-state index contributed by atoms with van der Waals surface area (Å²) in [7, 11) is 0. The predicted molar refractivity (Wildman–Crippen MR) is 96.9 cm³/mol. The molecule has 0 unspecified atom stereocenters. The normalized spacial score (nSPS) is 11.3. The fraction of sp³-hybridized carbons (Fsp3) is 0. The lowest BCUT2D eigenvalue weighted by Crippen LogP contribution is -2.10. The minimum absolute atomic E-state index is 0.541. The van der Waals surface area contributed by atoms with Crippen molar-refractivity contribution in [1.29, 1.82) is 0 Å². The molecule has 114 valence electrons. The van der Waals surface area contributed by atoms with Crippen LogP contribution >= 0.6 is 27.5 Å². The molecule has 0 aliphatic rings. The Morgan fingerprint density at radius 3 is 2.26 bits per heavy atom. The molecule has 0 bridgehead atoms. The molecule has 0 aliphatic carbocycles. The summed E-state index contributed by atoms with van der Waals surface area (Å²) in [5, 5.41) is 5.15. The van der Waals surface area contributed by atoms with Gasteiger partial charge in [0, 0.05) is 27.5 Å². The fourth-order valence-corrected chi connectivity index (χ4v) is 2.31. The largest absolute Gasteiger partial charge is 0.278 e. The Labute approximate surface area is 147 Å². The first-order valence-electron chi connectivity index (χ1n) is 6.85. The van der Waals surface area contributed by atoms with Crippen LogP contribution in [0.1, 0.15) is 11.4 Å². The second kappa shape index (κ2) is 7.35. The van der Waals surface area contributed by atoms with Crippen LogP contribution in [0.2, 0.25) is 5.02 Å². The molecule has 6 heteroatoms. The van der Waals surface area contributed by atoms with Crippen molar-refractivity contribution in [3.63, 3.8) is 0 Å². The lowest BCUT2D eigenvalue weighted by molar-refractivity contribution is 1.12. The van der Waals surface area contributed by atoms with E-state index in [0.29, 0.717) is 16.6 Å². The molecule has 3 aromatic rings. The lowest BCUT2D eigenvalue weighted by Gasteiger charge is -2.07. The van der Waals surface area contributed by atoms with E-state index < -0.39 is 0 Å². The van der Waals surface area contributed by atoms with Crippen LogP contribution in [0.15, 0.2) is 76.6 Å². The van der Waals surface area contributed by atoms with Crippen LogP contribution in [0.25, 0.3) is 0 Å². The minimum atomic E-state index is 0.541. The molecule has 23 heavy (non-hydrogen) atoms. The summed E-state index contributed by atoms with van der Waals surface area (Å²) < 4.78 is 1.01. The quantitative estimate of drug-likeness (QED) is 0.519. The van der Waals surface area contributed by atoms with Crippen molar-refractivity contribution in [1.82, 2.24) is 9.97 Å². The number of hydrogen-bond acceptors (Lipinski definition) is 4. The molecule has 0 atom stereocenters. The van der Waals surface area contributed by atoms with Crippen LogP contribution in [0.4, 0.5) is 5.69 Å². The molecule has 0 spiro atoms. The van der Waals surface area contributed by atoms with E-state index in [9.17, 15) is 0 Å². The second-order valence-corrected chi connectivity index (χ2v) is 6.01. The summed E-state index contributed by atoms with van der Waals surface area (Å²) in [6, 6.07) is 16.9. The van der Waals surface area contributed by atoms with E-state index in [1.54, 1.807) is 18.5 Å². The zero-order chi connectivity index (χ0) is 16.1. The zero-order valence-corrected chi connectivity index (χ0v) is 14.3. The van der Waals surface area contributed by atoms with E-state index in [2.05, 4.69) is 36.4 Å². The van der Waals surface area contributed by atoms with Gasteiger partial charge < -0.3 is 0 Å². The van der Waals surface area contributed by atoms with Crippen molar-refractivity contribution in [3.05, 3.63) is 87.9 Å². The van der Waals surface area contributed by atoms with Crippen LogP contribution in [0.5, 0.6) is 0 Å². The summed E-state index contributed by atoms with van der Waals surface area (Å²) in [6.45, 7) is 0. The zero-order valence-electron chi connectivity index (χ0n) is 11.9. The van der Waals surface area contributed by atoms with Crippen molar-refractivity contribution in [2.24, 2.45) is 5.10 Å². The fourth-order valence-electron chi connectivity index (χ4n) is 1.92. The van der Waals surface area contributed by atoms with Gasteiger partial charge in [0.2, 0.25) is 0 Å². The Morgan fingerprint density at radius 1 is 0.957 bits per heavy atom. The van der Waals surface area contributed by atoms with E-state index in [4.69, 9.17) is 11.6 Å². The van der Waals surface area contributed by atoms with Crippen molar-refractivity contribution < 1.29 is 0 Å². The minimum Gasteiger partial charge on any atom is -0.278 e. The van der Waals surface area contributed by atoms with E-state index in [1.165, 1.54) is 0 Å². The molecule has 2 aromatic carbocycles. The molecular formula is C17H12BrClN4. The van der Waals surface area contributed by atoms with E-state index in [-0.39, 0.29) is 0 Å². The molecule has 0 saturated carbocycles. The first-order chi connectivity index (χ1) is 11.2. The number of benzene rings is 2. The SMILES string of the molecule is Clc1ccc(/C(=N\Nc2ccc(Br)cc2)c2ncccn2)cc1. The van der Waals surface area contributed by atoms with E-state index in [1.807, 2.05) is 48.5 Å². The number of hydrazone groups is 1. The molecule has 1 heterocycles. The van der Waals surface area contributed by atoms with E-state index in [0.717, 1.165) is 15.7 Å². The van der Waals surface area contributed by atoms with Crippen LogP contribution in [0, 0.1) is 0 Å². The van der Waals surface area contributed by atoms with E-state index >= 15 is 0 Å². The highest BCUT2D eigenvalue weighted by Gasteiger charge is 2.10. The highest BCUT2D eigenvalue weighted by Crippen LogP contribution is 2.16. The summed E-state index contributed by atoms with van der Waals surface area (Å²) in [4.78, 5) is 8.56. The first-order valence-corrected chi connectivity index (χ1v) is 8.02. The number of halogens is 2. The van der Waals surface area contributed by atoms with Crippen molar-refractivity contribution >= 4 is 38.9 Å². The number of nitrogens with one attached hydrogen (secondary N) is 1. The third-order valence-electron chi connectivity index (χ3n) is 3.04. The number of aromatic nitrogens is 2. The molecule has 0 radical (unpaired) electrons. The monoisotopic (exact) mass is 386 g/mol. The summed E-state index contributed by atoms with van der Waals surface area (Å²) in [5.74, 6) is 0.541. The summed E-state index contributed by atoms with van der Waals surface area (Å²) in [5.41, 5.74) is 5.43. The summed E-state index contributed by atoms with van der Waals surface area (Å²) in [6.07, 6.45) is 3.38. The maximum atomic E-state index is 5.96. The van der Waals surface area contributed by atoms with Gasteiger partial charge in [-0.2, -0.15) is 5.10 Å². The van der Waals surface area contributed by atoms with Gasteiger partial charge in [0.15, 0.2) is 5.82 Å². The van der Waals surface area contributed by atoms with Gasteiger partial charge >= 0.3 is 0 Å². The van der Waals surface area contributed by atoms with Crippen LogP contribution in [-0.4, -0.2) is 15.7 Å². The van der Waals surface area contributed by atoms with Gasteiger partial charge in [0.05, 0.1) is 5.69 Å². The van der Waals surface area contributed by atoms with Crippen LogP contribution in [0.3, 0.4) is 0 Å². The Kier molecular flexibility index (Phi) is 5.00. The highest BCUT2D eigenvalue weighted by atomic mass is 79.9. The Bertz CT molecular complexity index is 802. The maximum Gasteiger partial charge on any atom is 0.180 e. The lowest BCUT2D eigenvalue weighted by atomic mass is 10.1. The molecule has 1 aromatic heterocycles. The maximum absolute atomic E-state index is 5.96. The molecule has 0 saturated heterocycles. The first kappa shape index (κ1) is 15.6. The third kappa shape index (κ3) is 4.15. The Balaban J connectivity index is 1.96. The topological polar surface area (TPSA) is 50.2 Å². The Morgan fingerprint density at radius 2 is 1.61 bits per heavy atom. The van der Waals surface area contributed by atoms with Gasteiger partial charge in [-0.15, -0.1) is 0 Å². The number of rotatable bonds is 4. The number of nitrogens with zero attached hydrogens (tertiary/aromatic N) is 3. The van der Waals surface area contributed by atoms with Crippen molar-refractivity contribution in [2.75, 3.05) is 5.43 Å². The van der Waals surface area contributed by atoms with Gasteiger partial charge in [-0.1, -0.05) is 39.7 Å². The molecule has 0 fully saturated rings. The van der Waals surface area contributed by atoms with Gasteiger partial charge in [0.25, 0.3) is 0 Å². The molecule has 4 nitrogen and oxygen atoms in total. The smallest absolute Gasteiger partial charge is 0.180 e. The third-order valence-corrected chi connectivity index (χ3v) is 3.82. The number of hydrogen-bond donors (Lipinski definition) is 1. The molecular weight excluding hydrogens is 376 g/mol. The highest BCUT2D eigenvalue weighted by molar-refractivity contribution is 9.10. The van der Waals surface area contributed by atoms with Crippen molar-refractivity contribution in [3.8, 4) is 0 Å². The van der Waals surface area contributed by atoms with Gasteiger partial charge in [-0.25, -0.2) is 9.97 Å². The molecule has 0 amide bonds. The second-order valence-electron chi connectivity index (χ2n) is 4.66. The molecule has 1 N–H and O–H groups in total. The predicted octanol–water partition coefficient (Wildman–Crippen LogP) is 4.76. The number of anilines is 1. The van der Waals surface area contributed by atoms with Gasteiger partial charge in [0.1, 0.15) is 5.71 Å². The molecule has 0 aliphatic heterocycles. The average Bonchev–Trinajstić information content (AvgIpc) is 2.59. The van der Waals surface area contributed by atoms with Gasteiger partial charge in [-0.3, -0.25) is 5.43 Å². The average molecular weight is 388 g/mol. The van der Waals surface area contributed by atoms with Gasteiger partial charge in [-0.05, 0) is 42.5 Å². The standard InChI is InChI=1S/C17H12BrClN4/c18-13-4-8-15(9-5-13)22-23-16(17-20-10-1-11-21-17)12-2-6-14(19)7-3-12/h1-11,22H/b23-16+. The van der Waals surface area contributed by atoms with Crippen LogP contribution in [-0.2, 0) is 0 Å². The van der Waals surface area contributed by atoms with Crippen molar-refractivity contribution in [2.45, 2.75) is 0 Å².